The first kappa shape index (κ1) is 19.4. The number of aryl methyl sites for hydroxylation is 2. The van der Waals surface area contributed by atoms with Crippen molar-refractivity contribution in [1.29, 1.82) is 0 Å². The van der Waals surface area contributed by atoms with E-state index in [2.05, 4.69) is 24.3 Å². The number of carboxylic acid groups (broad SMARTS) is 1. The highest BCUT2D eigenvalue weighted by molar-refractivity contribution is 5.79. The van der Waals surface area contributed by atoms with Crippen LogP contribution in [0.1, 0.15) is 50.6 Å². The third-order valence-corrected chi connectivity index (χ3v) is 5.10. The molecule has 0 aliphatic heterocycles. The van der Waals surface area contributed by atoms with Crippen LogP contribution in [0, 0.1) is 0 Å². The first-order valence-electron chi connectivity index (χ1n) is 9.18. The average Bonchev–Trinajstić information content (AvgIpc) is 2.83. The molecular weight excluding hydrogens is 320 g/mol. The van der Waals surface area contributed by atoms with Gasteiger partial charge in [-0.1, -0.05) is 20.8 Å². The molecule has 25 heavy (non-hydrogen) atoms. The van der Waals surface area contributed by atoms with Gasteiger partial charge >= 0.3 is 5.97 Å². The van der Waals surface area contributed by atoms with Gasteiger partial charge in [-0.15, -0.1) is 0 Å². The monoisotopic (exact) mass is 350 g/mol. The summed E-state index contributed by atoms with van der Waals surface area (Å²) in [6.07, 6.45) is 3.69. The van der Waals surface area contributed by atoms with E-state index in [9.17, 15) is 9.59 Å². The van der Waals surface area contributed by atoms with E-state index in [0.717, 1.165) is 42.6 Å². The van der Waals surface area contributed by atoms with Gasteiger partial charge in [0.2, 0.25) is 5.91 Å². The van der Waals surface area contributed by atoms with Crippen molar-refractivity contribution in [3.05, 3.63) is 17.0 Å². The second kappa shape index (κ2) is 8.47. The summed E-state index contributed by atoms with van der Waals surface area (Å²) in [7, 11) is 1.93. The fourth-order valence-corrected chi connectivity index (χ4v) is 3.71. The lowest BCUT2D eigenvalue weighted by atomic mass is 9.85. The second-order valence-electron chi connectivity index (χ2n) is 6.73. The summed E-state index contributed by atoms with van der Waals surface area (Å²) < 4.78 is 1.88. The first-order valence-corrected chi connectivity index (χ1v) is 9.18. The van der Waals surface area contributed by atoms with E-state index in [1.807, 2.05) is 23.6 Å². The number of amides is 1. The van der Waals surface area contributed by atoms with Crippen LogP contribution in [-0.2, 0) is 35.9 Å². The van der Waals surface area contributed by atoms with Crippen LogP contribution in [0.3, 0.4) is 0 Å². The number of nitrogens with zero attached hydrogens (tertiary/aromatic N) is 3. The molecule has 1 amide bonds. The molecule has 1 aliphatic rings. The molecule has 0 unspecified atom stereocenters. The van der Waals surface area contributed by atoms with E-state index >= 15 is 0 Å². The minimum absolute atomic E-state index is 0.0298. The number of aliphatic carboxylic acids is 1. The Morgan fingerprint density at radius 2 is 1.96 bits per heavy atom. The Kier molecular flexibility index (Phi) is 6.58. The van der Waals surface area contributed by atoms with E-state index in [0.29, 0.717) is 13.0 Å². The summed E-state index contributed by atoms with van der Waals surface area (Å²) in [6.45, 7) is 6.89. The van der Waals surface area contributed by atoms with Crippen LogP contribution in [0.2, 0.25) is 0 Å². The third-order valence-electron chi connectivity index (χ3n) is 5.10. The Balaban J connectivity index is 1.88. The van der Waals surface area contributed by atoms with E-state index in [4.69, 9.17) is 5.11 Å². The molecule has 0 spiro atoms. The highest BCUT2D eigenvalue weighted by Gasteiger charge is 2.34. The van der Waals surface area contributed by atoms with Gasteiger partial charge < -0.3 is 10.4 Å². The quantitative estimate of drug-likeness (QED) is 0.697. The summed E-state index contributed by atoms with van der Waals surface area (Å²) in [4.78, 5) is 25.3. The van der Waals surface area contributed by atoms with Crippen LogP contribution >= 0.6 is 0 Å². The van der Waals surface area contributed by atoms with Crippen LogP contribution in [-0.4, -0.2) is 56.8 Å². The van der Waals surface area contributed by atoms with E-state index in [1.165, 1.54) is 0 Å². The number of nitrogens with one attached hydrogen (secondary N) is 1. The van der Waals surface area contributed by atoms with Crippen molar-refractivity contribution in [2.45, 2.75) is 65.0 Å². The van der Waals surface area contributed by atoms with Gasteiger partial charge in [0.25, 0.3) is 0 Å². The van der Waals surface area contributed by atoms with Gasteiger partial charge in [-0.2, -0.15) is 5.10 Å². The molecule has 1 heterocycles. The normalized spacial score (nSPS) is 19.7. The smallest absolute Gasteiger partial charge is 0.317 e. The van der Waals surface area contributed by atoms with Crippen molar-refractivity contribution < 1.29 is 14.7 Å². The van der Waals surface area contributed by atoms with Gasteiger partial charge in [0.15, 0.2) is 0 Å². The maximum atomic E-state index is 12.4. The topological polar surface area (TPSA) is 87.5 Å². The summed E-state index contributed by atoms with van der Waals surface area (Å²) in [5, 5.41) is 16.5. The molecule has 0 saturated heterocycles. The Morgan fingerprint density at radius 3 is 2.48 bits per heavy atom. The fraction of sp³-hybridized carbons (Fsp3) is 0.722. The highest BCUT2D eigenvalue weighted by atomic mass is 16.4. The zero-order chi connectivity index (χ0) is 18.6. The van der Waals surface area contributed by atoms with Gasteiger partial charge in [-0.25, -0.2) is 0 Å². The molecule has 1 aliphatic carbocycles. The number of hydrogen-bond donors (Lipinski definition) is 2. The molecule has 0 atom stereocenters. The molecule has 7 nitrogen and oxygen atoms in total. The van der Waals surface area contributed by atoms with Crippen molar-refractivity contribution in [2.75, 3.05) is 13.1 Å². The van der Waals surface area contributed by atoms with Crippen molar-refractivity contribution in [3.63, 3.8) is 0 Å². The van der Waals surface area contributed by atoms with Crippen LogP contribution in [0.15, 0.2) is 0 Å². The van der Waals surface area contributed by atoms with Gasteiger partial charge in [-0.3, -0.25) is 19.2 Å². The Bertz CT molecular complexity index is 620. The highest BCUT2D eigenvalue weighted by Crippen LogP contribution is 2.26. The zero-order valence-electron chi connectivity index (χ0n) is 15.7. The third kappa shape index (κ3) is 4.60. The standard InChI is InChI=1S/C18H30N4O3/c1-5-15-14(16(6-2)21(4)20-15)10-17(23)19-12-8-13(9-12)22(7-3)11-18(24)25/h12-13H,5-11H2,1-4H3,(H,19,23)(H,24,25). The SMILES string of the molecule is CCc1nn(C)c(CC)c1CC(=O)NC1CC(N(CC)CC(=O)O)C1. The van der Waals surface area contributed by atoms with Crippen LogP contribution in [0.5, 0.6) is 0 Å². The predicted molar refractivity (Wildman–Crippen MR) is 95.5 cm³/mol. The predicted octanol–water partition coefficient (Wildman–Crippen LogP) is 1.14. The number of likely N-dealkylation sites (N-methyl/N-ethyl adjacent to an activating group) is 1. The van der Waals surface area contributed by atoms with Crippen LogP contribution < -0.4 is 5.32 Å². The lowest BCUT2D eigenvalue weighted by molar-refractivity contribution is -0.139. The van der Waals surface area contributed by atoms with Crippen molar-refractivity contribution >= 4 is 11.9 Å². The zero-order valence-corrected chi connectivity index (χ0v) is 15.7. The fourth-order valence-electron chi connectivity index (χ4n) is 3.71. The maximum absolute atomic E-state index is 12.4. The van der Waals surface area contributed by atoms with E-state index in [1.54, 1.807) is 0 Å². The number of aromatic nitrogens is 2. The van der Waals surface area contributed by atoms with Crippen molar-refractivity contribution in [2.24, 2.45) is 7.05 Å². The van der Waals surface area contributed by atoms with Gasteiger partial charge in [0.05, 0.1) is 18.7 Å². The summed E-state index contributed by atoms with van der Waals surface area (Å²) >= 11 is 0. The van der Waals surface area contributed by atoms with Gasteiger partial charge in [0.1, 0.15) is 0 Å². The van der Waals surface area contributed by atoms with Crippen molar-refractivity contribution in [3.8, 4) is 0 Å². The second-order valence-corrected chi connectivity index (χ2v) is 6.73. The van der Waals surface area contributed by atoms with Gasteiger partial charge in [-0.05, 0) is 32.2 Å². The summed E-state index contributed by atoms with van der Waals surface area (Å²) in [5.41, 5.74) is 3.18. The summed E-state index contributed by atoms with van der Waals surface area (Å²) in [5.74, 6) is -0.771. The van der Waals surface area contributed by atoms with Crippen LogP contribution in [0.25, 0.3) is 0 Å². The molecule has 0 radical (unpaired) electrons. The minimum atomic E-state index is -0.801. The number of rotatable bonds is 9. The number of hydrogen-bond acceptors (Lipinski definition) is 4. The average molecular weight is 350 g/mol. The molecule has 1 saturated carbocycles. The van der Waals surface area contributed by atoms with Gasteiger partial charge in [0, 0.05) is 30.4 Å². The van der Waals surface area contributed by atoms with Crippen LogP contribution in [0.4, 0.5) is 0 Å². The maximum Gasteiger partial charge on any atom is 0.317 e. The summed E-state index contributed by atoms with van der Waals surface area (Å²) in [6, 6.07) is 0.398. The molecular formula is C18H30N4O3. The van der Waals surface area contributed by atoms with Crippen molar-refractivity contribution in [1.82, 2.24) is 20.0 Å². The molecule has 7 heteroatoms. The minimum Gasteiger partial charge on any atom is -0.480 e. The first-order chi connectivity index (χ1) is 11.9. The number of carboxylic acids is 1. The molecule has 1 aromatic rings. The molecule has 2 N–H and O–H groups in total. The Hall–Kier alpha value is -1.89. The molecule has 2 rings (SSSR count). The molecule has 1 aromatic heterocycles. The number of carbonyl (C=O) groups excluding carboxylic acids is 1. The largest absolute Gasteiger partial charge is 0.480 e. The molecule has 140 valence electrons. The lowest BCUT2D eigenvalue weighted by Gasteiger charge is -2.42. The Labute approximate surface area is 149 Å². The van der Waals surface area contributed by atoms with E-state index in [-0.39, 0.29) is 24.5 Å². The van der Waals surface area contributed by atoms with E-state index < -0.39 is 5.97 Å². The number of carbonyl (C=O) groups is 2. The molecule has 0 aromatic carbocycles. The Morgan fingerprint density at radius 1 is 1.28 bits per heavy atom. The molecule has 0 bridgehead atoms. The lowest BCUT2D eigenvalue weighted by Crippen LogP contribution is -2.55. The molecule has 1 fully saturated rings.